The third-order valence-electron chi connectivity index (χ3n) is 4.85. The van der Waals surface area contributed by atoms with Gasteiger partial charge in [0.1, 0.15) is 0 Å². The monoisotopic (exact) mass is 391 g/mol. The van der Waals surface area contributed by atoms with E-state index in [1.165, 1.54) is 0 Å². The SMILES string of the molecule is Cc1cc(C)c(C)c(S(=O)(=O)N(CCO)[C@@H]2CS(=O)(=O)C[C@H]2O)c1C. The number of nitrogens with zero attached hydrogens (tertiary/aromatic N) is 1. The molecule has 142 valence electrons. The van der Waals surface area contributed by atoms with Crippen LogP contribution < -0.4 is 0 Å². The Morgan fingerprint density at radius 1 is 1.12 bits per heavy atom. The minimum absolute atomic E-state index is 0.120. The molecule has 1 aromatic carbocycles. The van der Waals surface area contributed by atoms with Crippen molar-refractivity contribution >= 4 is 19.9 Å². The van der Waals surface area contributed by atoms with Gasteiger partial charge in [0, 0.05) is 6.54 Å². The molecule has 0 bridgehead atoms. The molecule has 0 unspecified atom stereocenters. The lowest BCUT2D eigenvalue weighted by Gasteiger charge is -2.30. The molecule has 7 nitrogen and oxygen atoms in total. The summed E-state index contributed by atoms with van der Waals surface area (Å²) in [5.41, 5.74) is 2.79. The van der Waals surface area contributed by atoms with Gasteiger partial charge in [-0.25, -0.2) is 16.8 Å². The summed E-state index contributed by atoms with van der Waals surface area (Å²) in [4.78, 5) is 0.120. The number of rotatable bonds is 5. The highest BCUT2D eigenvalue weighted by Gasteiger charge is 2.45. The van der Waals surface area contributed by atoms with Gasteiger partial charge in [0.2, 0.25) is 10.0 Å². The fourth-order valence-corrected chi connectivity index (χ4v) is 7.45. The van der Waals surface area contributed by atoms with Crippen LogP contribution in [0.15, 0.2) is 11.0 Å². The Labute approximate surface area is 149 Å². The molecule has 0 spiro atoms. The molecule has 1 saturated heterocycles. The van der Waals surface area contributed by atoms with Gasteiger partial charge in [-0.3, -0.25) is 0 Å². The van der Waals surface area contributed by atoms with Gasteiger partial charge in [0.25, 0.3) is 0 Å². The predicted octanol–water partition coefficient (Wildman–Crippen LogP) is 0.0612. The average Bonchev–Trinajstić information content (AvgIpc) is 2.75. The molecule has 2 N–H and O–H groups in total. The number of hydrogen-bond acceptors (Lipinski definition) is 6. The summed E-state index contributed by atoms with van der Waals surface area (Å²) < 4.78 is 51.2. The molecule has 0 radical (unpaired) electrons. The van der Waals surface area contributed by atoms with E-state index in [1.54, 1.807) is 13.8 Å². The van der Waals surface area contributed by atoms with Crippen LogP contribution >= 0.6 is 0 Å². The Kier molecular flexibility index (Phi) is 5.65. The van der Waals surface area contributed by atoms with Gasteiger partial charge in [-0.15, -0.1) is 0 Å². The minimum Gasteiger partial charge on any atom is -0.395 e. The smallest absolute Gasteiger partial charge is 0.244 e. The number of hydrogen-bond donors (Lipinski definition) is 2. The number of aliphatic hydroxyl groups excluding tert-OH is 2. The van der Waals surface area contributed by atoms with E-state index in [2.05, 4.69) is 0 Å². The normalized spacial score (nSPS) is 23.3. The van der Waals surface area contributed by atoms with E-state index < -0.39 is 50.1 Å². The number of aryl methyl sites for hydroxylation is 2. The summed E-state index contributed by atoms with van der Waals surface area (Å²) >= 11 is 0. The summed E-state index contributed by atoms with van der Waals surface area (Å²) in [6, 6.07) is 0.802. The second-order valence-electron chi connectivity index (χ2n) is 6.64. The zero-order valence-electron chi connectivity index (χ0n) is 14.9. The molecule has 25 heavy (non-hydrogen) atoms. The Morgan fingerprint density at radius 3 is 2.04 bits per heavy atom. The molecule has 9 heteroatoms. The minimum atomic E-state index is -4.09. The van der Waals surface area contributed by atoms with Crippen LogP contribution in [-0.2, 0) is 19.9 Å². The van der Waals surface area contributed by atoms with Gasteiger partial charge in [0.15, 0.2) is 9.84 Å². The molecule has 1 aliphatic rings. The highest BCUT2D eigenvalue weighted by Crippen LogP contribution is 2.31. The summed E-state index contributed by atoms with van der Waals surface area (Å²) in [7, 11) is -7.61. The Hall–Kier alpha value is -1.00. The lowest BCUT2D eigenvalue weighted by atomic mass is 10.0. The van der Waals surface area contributed by atoms with Gasteiger partial charge in [-0.05, 0) is 49.9 Å². The van der Waals surface area contributed by atoms with Crippen molar-refractivity contribution in [1.82, 2.24) is 4.31 Å². The zero-order chi connectivity index (χ0) is 19.2. The van der Waals surface area contributed by atoms with Crippen molar-refractivity contribution in [1.29, 1.82) is 0 Å². The van der Waals surface area contributed by atoms with E-state index in [4.69, 9.17) is 0 Å². The third kappa shape index (κ3) is 3.75. The molecular weight excluding hydrogens is 366 g/mol. The largest absolute Gasteiger partial charge is 0.395 e. The first-order chi connectivity index (χ1) is 11.4. The Bertz CT molecular complexity index is 850. The summed E-state index contributed by atoms with van der Waals surface area (Å²) in [5, 5.41) is 19.4. The van der Waals surface area contributed by atoms with Crippen molar-refractivity contribution < 1.29 is 27.0 Å². The molecule has 2 rings (SSSR count). The maximum atomic E-state index is 13.3. The molecule has 2 atom stereocenters. The lowest BCUT2D eigenvalue weighted by Crippen LogP contribution is -2.48. The standard InChI is InChI=1S/C16H25NO6S2/c1-10-7-11(2)13(4)16(12(10)3)25(22,23)17(5-6-18)14-8-24(20,21)9-15(14)19/h7,14-15,18-19H,5-6,8-9H2,1-4H3/t14-,15-/m1/s1. The maximum Gasteiger partial charge on any atom is 0.244 e. The van der Waals surface area contributed by atoms with Crippen LogP contribution in [0.1, 0.15) is 22.3 Å². The average molecular weight is 392 g/mol. The summed E-state index contributed by atoms with van der Waals surface area (Å²) in [5.74, 6) is -0.920. The van der Waals surface area contributed by atoms with Crippen molar-refractivity contribution in [3.63, 3.8) is 0 Å². The topological polar surface area (TPSA) is 112 Å². The first kappa shape index (κ1) is 20.3. The Balaban J connectivity index is 2.63. The quantitative estimate of drug-likeness (QED) is 0.734. The van der Waals surface area contributed by atoms with Gasteiger partial charge in [0.05, 0.1) is 35.2 Å². The fourth-order valence-electron chi connectivity index (χ4n) is 3.33. The van der Waals surface area contributed by atoms with Crippen LogP contribution in [0.5, 0.6) is 0 Å². The molecule has 0 aliphatic carbocycles. The van der Waals surface area contributed by atoms with Crippen LogP contribution in [0.2, 0.25) is 0 Å². The molecule has 0 aromatic heterocycles. The van der Waals surface area contributed by atoms with E-state index in [0.29, 0.717) is 11.1 Å². The van der Waals surface area contributed by atoms with Crippen LogP contribution in [0.3, 0.4) is 0 Å². The van der Waals surface area contributed by atoms with Gasteiger partial charge < -0.3 is 10.2 Å². The maximum absolute atomic E-state index is 13.3. The lowest BCUT2D eigenvalue weighted by molar-refractivity contribution is 0.117. The van der Waals surface area contributed by atoms with Gasteiger partial charge in [-0.1, -0.05) is 6.07 Å². The van der Waals surface area contributed by atoms with Crippen molar-refractivity contribution in [2.75, 3.05) is 24.7 Å². The van der Waals surface area contributed by atoms with Crippen molar-refractivity contribution in [2.24, 2.45) is 0 Å². The first-order valence-corrected chi connectivity index (χ1v) is 11.3. The third-order valence-corrected chi connectivity index (χ3v) is 8.75. The van der Waals surface area contributed by atoms with E-state index in [1.807, 2.05) is 19.9 Å². The number of benzene rings is 1. The highest BCUT2D eigenvalue weighted by molar-refractivity contribution is 7.92. The number of sulfonamides is 1. The van der Waals surface area contributed by atoms with Crippen LogP contribution in [0.4, 0.5) is 0 Å². The van der Waals surface area contributed by atoms with E-state index >= 15 is 0 Å². The van der Waals surface area contributed by atoms with Crippen LogP contribution in [0, 0.1) is 27.7 Å². The number of aliphatic hydroxyl groups is 2. The van der Waals surface area contributed by atoms with Crippen molar-refractivity contribution in [2.45, 2.75) is 44.7 Å². The summed E-state index contributed by atoms with van der Waals surface area (Å²) in [6.07, 6.45) is -1.31. The second kappa shape index (κ2) is 6.96. The van der Waals surface area contributed by atoms with Gasteiger partial charge >= 0.3 is 0 Å². The van der Waals surface area contributed by atoms with Crippen LogP contribution in [0.25, 0.3) is 0 Å². The second-order valence-corrected chi connectivity index (χ2v) is 10.6. The Morgan fingerprint density at radius 2 is 1.64 bits per heavy atom. The van der Waals surface area contributed by atoms with Crippen molar-refractivity contribution in [3.8, 4) is 0 Å². The highest BCUT2D eigenvalue weighted by atomic mass is 32.2. The molecule has 1 heterocycles. The molecule has 0 saturated carbocycles. The van der Waals surface area contributed by atoms with Gasteiger partial charge in [-0.2, -0.15) is 4.31 Å². The van der Waals surface area contributed by atoms with Crippen molar-refractivity contribution in [3.05, 3.63) is 28.3 Å². The predicted molar refractivity (Wildman–Crippen MR) is 94.8 cm³/mol. The summed E-state index contributed by atoms with van der Waals surface area (Å²) in [6.45, 7) is 6.29. The zero-order valence-corrected chi connectivity index (χ0v) is 16.5. The first-order valence-electron chi connectivity index (χ1n) is 8.01. The number of sulfone groups is 1. The molecule has 1 fully saturated rings. The fraction of sp³-hybridized carbons (Fsp3) is 0.625. The molecule has 1 aromatic rings. The molecular formula is C16H25NO6S2. The molecule has 1 aliphatic heterocycles. The van der Waals surface area contributed by atoms with E-state index in [-0.39, 0.29) is 11.4 Å². The van der Waals surface area contributed by atoms with E-state index in [0.717, 1.165) is 15.4 Å². The van der Waals surface area contributed by atoms with Crippen LogP contribution in [-0.4, -0.2) is 68.2 Å². The molecule has 0 amide bonds. The van der Waals surface area contributed by atoms with E-state index in [9.17, 15) is 27.0 Å².